The second-order valence-electron chi connectivity index (χ2n) is 6.33. The Morgan fingerprint density at radius 2 is 2.00 bits per heavy atom. The van der Waals surface area contributed by atoms with E-state index in [4.69, 9.17) is 4.74 Å². The molecule has 1 aromatic rings. The van der Waals surface area contributed by atoms with Gasteiger partial charge in [0, 0.05) is 38.4 Å². The Morgan fingerprint density at radius 3 is 2.82 bits per heavy atom. The van der Waals surface area contributed by atoms with Crippen molar-refractivity contribution >= 4 is 5.69 Å². The summed E-state index contributed by atoms with van der Waals surface area (Å²) < 4.78 is 5.83. The first kappa shape index (κ1) is 15.6. The Bertz CT molecular complexity index is 469. The highest BCUT2D eigenvalue weighted by atomic mass is 16.5. The van der Waals surface area contributed by atoms with Crippen LogP contribution in [-0.4, -0.2) is 44.3 Å². The predicted octanol–water partition coefficient (Wildman–Crippen LogP) is 2.83. The van der Waals surface area contributed by atoms with Gasteiger partial charge < -0.3 is 9.64 Å². The third-order valence-electron chi connectivity index (χ3n) is 4.65. The normalized spacial score (nSPS) is 19.4. The van der Waals surface area contributed by atoms with Crippen molar-refractivity contribution in [1.82, 2.24) is 10.4 Å². The van der Waals surface area contributed by atoms with Gasteiger partial charge in [0.1, 0.15) is 5.75 Å². The van der Waals surface area contributed by atoms with Crippen LogP contribution in [-0.2, 0) is 6.42 Å². The number of nitrogens with one attached hydrogen (secondary N) is 1. The lowest BCUT2D eigenvalue weighted by molar-refractivity contribution is 0.175. The quantitative estimate of drug-likeness (QED) is 0.847. The first-order valence-electron chi connectivity index (χ1n) is 8.86. The van der Waals surface area contributed by atoms with Gasteiger partial charge >= 0.3 is 0 Å². The minimum Gasteiger partial charge on any atom is -0.493 e. The summed E-state index contributed by atoms with van der Waals surface area (Å²) >= 11 is 0. The minimum atomic E-state index is 0.869. The fraction of sp³-hybridized carbons (Fsp3) is 0.667. The molecule has 1 aromatic carbocycles. The standard InChI is InChI=1S/C18H29N3O/c1-2-3-9-19-21-12-10-20(11-13-21)17-7-8-18-16(15-17)6-4-5-14-22-18/h7-8,15,19H,2-6,9-14H2,1H3. The highest BCUT2D eigenvalue weighted by Crippen LogP contribution is 2.29. The number of aryl methyl sites for hydroxylation is 1. The SMILES string of the molecule is CCCCNN1CCN(c2ccc3c(c2)CCCCO3)CC1. The third kappa shape index (κ3) is 3.93. The minimum absolute atomic E-state index is 0.869. The van der Waals surface area contributed by atoms with E-state index < -0.39 is 0 Å². The molecule has 1 saturated heterocycles. The number of piperazine rings is 1. The second-order valence-corrected chi connectivity index (χ2v) is 6.33. The van der Waals surface area contributed by atoms with Crippen molar-refractivity contribution in [3.05, 3.63) is 23.8 Å². The molecule has 0 amide bonds. The van der Waals surface area contributed by atoms with Gasteiger partial charge in [0.15, 0.2) is 0 Å². The largest absolute Gasteiger partial charge is 0.493 e. The molecule has 0 saturated carbocycles. The third-order valence-corrected chi connectivity index (χ3v) is 4.65. The van der Waals surface area contributed by atoms with Crippen LogP contribution in [0.5, 0.6) is 5.75 Å². The maximum atomic E-state index is 5.83. The Morgan fingerprint density at radius 1 is 1.14 bits per heavy atom. The molecule has 3 rings (SSSR count). The van der Waals surface area contributed by atoms with Crippen molar-refractivity contribution in [3.63, 3.8) is 0 Å². The summed E-state index contributed by atoms with van der Waals surface area (Å²) in [6.45, 7) is 8.59. The Labute approximate surface area is 134 Å². The molecule has 0 radical (unpaired) electrons. The van der Waals surface area contributed by atoms with E-state index in [9.17, 15) is 0 Å². The Kier molecular flexibility index (Phi) is 5.57. The number of ether oxygens (including phenoxy) is 1. The second kappa shape index (κ2) is 7.84. The molecule has 0 bridgehead atoms. The first-order valence-corrected chi connectivity index (χ1v) is 8.86. The van der Waals surface area contributed by atoms with Gasteiger partial charge in [-0.3, -0.25) is 5.43 Å². The van der Waals surface area contributed by atoms with E-state index >= 15 is 0 Å². The van der Waals surface area contributed by atoms with Crippen molar-refractivity contribution in [2.24, 2.45) is 0 Å². The summed E-state index contributed by atoms with van der Waals surface area (Å²) in [5, 5.41) is 2.37. The monoisotopic (exact) mass is 303 g/mol. The van der Waals surface area contributed by atoms with Crippen LogP contribution in [0.1, 0.15) is 38.2 Å². The van der Waals surface area contributed by atoms with Crippen LogP contribution in [0.4, 0.5) is 5.69 Å². The van der Waals surface area contributed by atoms with Crippen LogP contribution in [0.3, 0.4) is 0 Å². The number of rotatable bonds is 5. The van der Waals surface area contributed by atoms with E-state index in [1.807, 2.05) is 0 Å². The predicted molar refractivity (Wildman–Crippen MR) is 91.6 cm³/mol. The smallest absolute Gasteiger partial charge is 0.122 e. The molecule has 0 unspecified atom stereocenters. The number of unbranched alkanes of at least 4 members (excludes halogenated alkanes) is 1. The van der Waals surface area contributed by atoms with Crippen molar-refractivity contribution in [2.45, 2.75) is 39.0 Å². The summed E-state index contributed by atoms with van der Waals surface area (Å²) in [5.41, 5.74) is 6.29. The summed E-state index contributed by atoms with van der Waals surface area (Å²) in [6.07, 6.45) is 6.08. The molecule has 2 aliphatic heterocycles. The van der Waals surface area contributed by atoms with Crippen LogP contribution in [0, 0.1) is 0 Å². The number of hydrogen-bond donors (Lipinski definition) is 1. The molecule has 22 heavy (non-hydrogen) atoms. The van der Waals surface area contributed by atoms with Gasteiger partial charge in [0.05, 0.1) is 6.61 Å². The van der Waals surface area contributed by atoms with Gasteiger partial charge in [0.25, 0.3) is 0 Å². The fourth-order valence-corrected chi connectivity index (χ4v) is 3.24. The fourth-order valence-electron chi connectivity index (χ4n) is 3.24. The molecule has 0 atom stereocenters. The maximum absolute atomic E-state index is 5.83. The average Bonchev–Trinajstić information content (AvgIpc) is 2.80. The number of hydrazine groups is 1. The molecule has 2 aliphatic rings. The lowest BCUT2D eigenvalue weighted by Crippen LogP contribution is -2.52. The topological polar surface area (TPSA) is 27.7 Å². The highest BCUT2D eigenvalue weighted by molar-refractivity contribution is 5.53. The lowest BCUT2D eigenvalue weighted by Gasteiger charge is -2.36. The van der Waals surface area contributed by atoms with E-state index in [0.717, 1.165) is 51.5 Å². The van der Waals surface area contributed by atoms with E-state index in [0.29, 0.717) is 0 Å². The van der Waals surface area contributed by atoms with Gasteiger partial charge in [-0.05, 0) is 49.4 Å². The van der Waals surface area contributed by atoms with E-state index in [1.165, 1.54) is 36.9 Å². The maximum Gasteiger partial charge on any atom is 0.122 e. The van der Waals surface area contributed by atoms with Crippen LogP contribution < -0.4 is 15.1 Å². The van der Waals surface area contributed by atoms with E-state index in [-0.39, 0.29) is 0 Å². The number of benzene rings is 1. The van der Waals surface area contributed by atoms with Crippen LogP contribution in [0.25, 0.3) is 0 Å². The highest BCUT2D eigenvalue weighted by Gasteiger charge is 2.18. The number of nitrogens with zero attached hydrogens (tertiary/aromatic N) is 2. The average molecular weight is 303 g/mol. The van der Waals surface area contributed by atoms with Crippen LogP contribution in [0.2, 0.25) is 0 Å². The van der Waals surface area contributed by atoms with Gasteiger partial charge in [-0.2, -0.15) is 0 Å². The molecule has 0 spiro atoms. The van der Waals surface area contributed by atoms with Crippen LogP contribution >= 0.6 is 0 Å². The van der Waals surface area contributed by atoms with Crippen LogP contribution in [0.15, 0.2) is 18.2 Å². The summed E-state index contributed by atoms with van der Waals surface area (Å²) in [4.78, 5) is 2.50. The molecular weight excluding hydrogens is 274 g/mol. The molecular formula is C18H29N3O. The molecule has 1 fully saturated rings. The van der Waals surface area contributed by atoms with Crippen molar-refractivity contribution in [2.75, 3.05) is 44.2 Å². The summed E-state index contributed by atoms with van der Waals surface area (Å²) in [6, 6.07) is 6.74. The molecule has 4 nitrogen and oxygen atoms in total. The van der Waals surface area contributed by atoms with Gasteiger partial charge in [0.2, 0.25) is 0 Å². The summed E-state index contributed by atoms with van der Waals surface area (Å²) in [7, 11) is 0. The van der Waals surface area contributed by atoms with Crippen molar-refractivity contribution < 1.29 is 4.74 Å². The number of anilines is 1. The summed E-state index contributed by atoms with van der Waals surface area (Å²) in [5.74, 6) is 1.10. The lowest BCUT2D eigenvalue weighted by atomic mass is 10.1. The Balaban J connectivity index is 1.56. The molecule has 1 N–H and O–H groups in total. The van der Waals surface area contributed by atoms with E-state index in [2.05, 4.69) is 40.5 Å². The number of fused-ring (bicyclic) bond motifs is 1. The van der Waals surface area contributed by atoms with Gasteiger partial charge in [-0.25, -0.2) is 5.01 Å². The zero-order valence-electron chi connectivity index (χ0n) is 13.8. The molecule has 4 heteroatoms. The first-order chi connectivity index (χ1) is 10.9. The van der Waals surface area contributed by atoms with Gasteiger partial charge in [-0.1, -0.05) is 13.3 Å². The van der Waals surface area contributed by atoms with Crippen molar-refractivity contribution in [1.29, 1.82) is 0 Å². The Hall–Kier alpha value is -1.26. The number of hydrogen-bond acceptors (Lipinski definition) is 4. The zero-order chi connectivity index (χ0) is 15.2. The van der Waals surface area contributed by atoms with E-state index in [1.54, 1.807) is 0 Å². The van der Waals surface area contributed by atoms with Gasteiger partial charge in [-0.15, -0.1) is 0 Å². The zero-order valence-corrected chi connectivity index (χ0v) is 13.8. The molecule has 2 heterocycles. The van der Waals surface area contributed by atoms with Crippen molar-refractivity contribution in [3.8, 4) is 5.75 Å². The molecule has 122 valence electrons. The molecule has 0 aromatic heterocycles. The molecule has 0 aliphatic carbocycles.